The number of sulfonamides is 1. The number of aromatic amines is 2. The van der Waals surface area contributed by atoms with Gasteiger partial charge in [-0.25, -0.2) is 18.4 Å². The Hall–Kier alpha value is -2.95. The zero-order chi connectivity index (χ0) is 30.4. The number of likely N-dealkylation sites (N-methyl/N-ethyl adjacent to an activating group) is 1. The summed E-state index contributed by atoms with van der Waals surface area (Å²) in [7, 11) is -2.21. The molecule has 2 N–H and O–H groups in total. The first kappa shape index (κ1) is 31.5. The molecular weight excluding hydrogens is 576 g/mol. The molecule has 0 amide bonds. The van der Waals surface area contributed by atoms with Crippen LogP contribution in [-0.2, 0) is 32.3 Å². The van der Waals surface area contributed by atoms with Gasteiger partial charge in [-0.05, 0) is 19.0 Å². The van der Waals surface area contributed by atoms with Crippen LogP contribution in [0.15, 0.2) is 22.0 Å². The van der Waals surface area contributed by atoms with E-state index < -0.39 is 16.1 Å². The highest BCUT2D eigenvalue weighted by atomic mass is 32.2. The van der Waals surface area contributed by atoms with E-state index in [9.17, 15) is 13.2 Å². The number of nitrogens with one attached hydrogen (secondary N) is 2. The van der Waals surface area contributed by atoms with Gasteiger partial charge in [-0.3, -0.25) is 14.8 Å². The van der Waals surface area contributed by atoms with E-state index in [1.54, 1.807) is 13.2 Å². The summed E-state index contributed by atoms with van der Waals surface area (Å²) in [6.07, 6.45) is 3.26. The summed E-state index contributed by atoms with van der Waals surface area (Å²) in [6.45, 7) is 10.1. The quantitative estimate of drug-likeness (QED) is 0.263. The second-order valence-corrected chi connectivity index (χ2v) is 12.7. The highest BCUT2D eigenvalue weighted by molar-refractivity contribution is 7.89. The highest BCUT2D eigenvalue weighted by Gasteiger charge is 2.33. The fourth-order valence-corrected chi connectivity index (χ4v) is 7.04. The number of fused-ring (bicyclic) bond motifs is 1. The molecule has 0 saturated carbocycles. The number of morpholine rings is 1. The van der Waals surface area contributed by atoms with Crippen molar-refractivity contribution in [2.75, 3.05) is 79.4 Å². The van der Waals surface area contributed by atoms with Gasteiger partial charge in [0.1, 0.15) is 22.8 Å². The van der Waals surface area contributed by atoms with Crippen LogP contribution in [0.5, 0.6) is 5.88 Å². The van der Waals surface area contributed by atoms with Gasteiger partial charge in [0.2, 0.25) is 15.9 Å². The number of pyridine rings is 1. The van der Waals surface area contributed by atoms with Crippen LogP contribution in [0.2, 0.25) is 0 Å². The third-order valence-electron chi connectivity index (χ3n) is 8.06. The molecule has 236 valence electrons. The highest BCUT2D eigenvalue weighted by Crippen LogP contribution is 2.34. The van der Waals surface area contributed by atoms with Crippen molar-refractivity contribution in [1.82, 2.24) is 39.3 Å². The molecule has 0 bridgehead atoms. The monoisotopic (exact) mass is 618 g/mol. The fourth-order valence-electron chi connectivity index (χ4n) is 5.64. The molecule has 1 unspecified atom stereocenters. The van der Waals surface area contributed by atoms with Gasteiger partial charge in [0.25, 0.3) is 5.56 Å². The molecule has 2 fully saturated rings. The second kappa shape index (κ2) is 14.2. The standard InChI is InChI=1S/C28H42N8O6S/c1-4-6-22-25-26(33-32-22)27(37)31-24(30-25)18-23(35-11-13-41-14-12-35)21-17-20(19-29-28(21)42-16-15-40-3)43(38,39)36-9-7-34(5-2)8-10-36/h17,19,23H,4-16,18H2,1-3H3,(H,32,33)(H,30,31,37). The van der Waals surface area contributed by atoms with E-state index in [1.165, 1.54) is 10.5 Å². The Morgan fingerprint density at radius 3 is 2.53 bits per heavy atom. The summed E-state index contributed by atoms with van der Waals surface area (Å²) in [6, 6.07) is 1.27. The van der Waals surface area contributed by atoms with Gasteiger partial charge in [0.15, 0.2) is 5.52 Å². The molecular formula is C28H42N8O6S. The van der Waals surface area contributed by atoms with Crippen LogP contribution >= 0.6 is 0 Å². The molecule has 3 aromatic heterocycles. The second-order valence-electron chi connectivity index (χ2n) is 10.8. The molecule has 2 saturated heterocycles. The Balaban J connectivity index is 1.56. The number of hydrogen-bond acceptors (Lipinski definition) is 11. The van der Waals surface area contributed by atoms with Crippen LogP contribution in [0.25, 0.3) is 11.0 Å². The molecule has 0 spiro atoms. The number of piperazine rings is 1. The topological polar surface area (TPSA) is 159 Å². The number of ether oxygens (including phenoxy) is 3. The minimum atomic E-state index is -3.80. The molecule has 15 heteroatoms. The molecule has 2 aliphatic rings. The maximum absolute atomic E-state index is 13.8. The van der Waals surface area contributed by atoms with Crippen LogP contribution in [-0.4, -0.2) is 127 Å². The minimum Gasteiger partial charge on any atom is -0.475 e. The summed E-state index contributed by atoms with van der Waals surface area (Å²) in [5.74, 6) is 0.793. The van der Waals surface area contributed by atoms with E-state index in [1.807, 2.05) is 0 Å². The van der Waals surface area contributed by atoms with E-state index in [0.717, 1.165) is 18.7 Å². The minimum absolute atomic E-state index is 0.113. The third kappa shape index (κ3) is 7.07. The summed E-state index contributed by atoms with van der Waals surface area (Å²) >= 11 is 0. The lowest BCUT2D eigenvalue weighted by atomic mass is 10.0. The summed E-state index contributed by atoms with van der Waals surface area (Å²) in [4.78, 5) is 29.8. The first-order chi connectivity index (χ1) is 20.8. The maximum Gasteiger partial charge on any atom is 0.279 e. The molecule has 14 nitrogen and oxygen atoms in total. The summed E-state index contributed by atoms with van der Waals surface area (Å²) in [5, 5.41) is 7.13. The first-order valence-corrected chi connectivity index (χ1v) is 16.4. The Morgan fingerprint density at radius 1 is 1.07 bits per heavy atom. The molecule has 2 aliphatic heterocycles. The number of aromatic nitrogens is 5. The van der Waals surface area contributed by atoms with Crippen LogP contribution in [0, 0.1) is 0 Å². The van der Waals surface area contributed by atoms with Gasteiger partial charge in [-0.15, -0.1) is 0 Å². The molecule has 0 radical (unpaired) electrons. The van der Waals surface area contributed by atoms with E-state index in [2.05, 4.69) is 43.8 Å². The molecule has 5 heterocycles. The van der Waals surface area contributed by atoms with Crippen LogP contribution in [0.4, 0.5) is 0 Å². The fraction of sp³-hybridized carbons (Fsp3) is 0.643. The zero-order valence-corrected chi connectivity index (χ0v) is 26.0. The molecule has 5 rings (SSSR count). The van der Waals surface area contributed by atoms with Crippen molar-refractivity contribution in [3.05, 3.63) is 39.7 Å². The first-order valence-electron chi connectivity index (χ1n) is 15.0. The van der Waals surface area contributed by atoms with E-state index in [0.29, 0.717) is 94.7 Å². The van der Waals surface area contributed by atoms with Crippen molar-refractivity contribution in [3.8, 4) is 5.88 Å². The van der Waals surface area contributed by atoms with Crippen LogP contribution in [0.3, 0.4) is 0 Å². The predicted molar refractivity (Wildman–Crippen MR) is 160 cm³/mol. The number of H-pyrrole nitrogens is 2. The van der Waals surface area contributed by atoms with E-state index in [4.69, 9.17) is 19.2 Å². The van der Waals surface area contributed by atoms with Gasteiger partial charge in [-0.2, -0.15) is 9.40 Å². The average molecular weight is 619 g/mol. The lowest BCUT2D eigenvalue weighted by Crippen LogP contribution is -2.48. The lowest BCUT2D eigenvalue weighted by Gasteiger charge is -2.35. The Kier molecular flexibility index (Phi) is 10.4. The van der Waals surface area contributed by atoms with E-state index >= 15 is 0 Å². The number of methoxy groups -OCH3 is 1. The molecule has 3 aromatic rings. The molecule has 43 heavy (non-hydrogen) atoms. The van der Waals surface area contributed by atoms with E-state index in [-0.39, 0.29) is 22.6 Å². The Labute approximate surface area is 251 Å². The van der Waals surface area contributed by atoms with Gasteiger partial charge in [0, 0.05) is 64.4 Å². The molecule has 1 atom stereocenters. The van der Waals surface area contributed by atoms with Crippen molar-refractivity contribution in [2.45, 2.75) is 44.0 Å². The summed E-state index contributed by atoms with van der Waals surface area (Å²) < 4.78 is 46.0. The largest absolute Gasteiger partial charge is 0.475 e. The van der Waals surface area contributed by atoms with Gasteiger partial charge in [0.05, 0.1) is 31.7 Å². The molecule has 0 aromatic carbocycles. The maximum atomic E-state index is 13.8. The molecule has 0 aliphatic carbocycles. The number of rotatable bonds is 13. The third-order valence-corrected chi connectivity index (χ3v) is 9.92. The normalized spacial score (nSPS) is 18.3. The average Bonchev–Trinajstić information content (AvgIpc) is 3.44. The Morgan fingerprint density at radius 2 is 1.84 bits per heavy atom. The predicted octanol–water partition coefficient (Wildman–Crippen LogP) is 0.961. The lowest BCUT2D eigenvalue weighted by molar-refractivity contribution is 0.0147. The van der Waals surface area contributed by atoms with Crippen molar-refractivity contribution in [3.63, 3.8) is 0 Å². The Bertz CT molecular complexity index is 1530. The van der Waals surface area contributed by atoms with Gasteiger partial charge in [-0.1, -0.05) is 20.3 Å². The van der Waals surface area contributed by atoms with Gasteiger partial charge < -0.3 is 24.1 Å². The van der Waals surface area contributed by atoms with Gasteiger partial charge >= 0.3 is 0 Å². The number of nitrogens with zero attached hydrogens (tertiary/aromatic N) is 6. The van der Waals surface area contributed by atoms with Crippen LogP contribution < -0.4 is 10.3 Å². The number of aryl methyl sites for hydroxylation is 1. The smallest absolute Gasteiger partial charge is 0.279 e. The SMILES string of the molecule is CCCc1[nH]nc2c(=O)[nH]c(CC(c3cc(S(=O)(=O)N4CCN(CC)CC4)cnc3OCCOC)N3CCOCC3)nc12. The van der Waals surface area contributed by atoms with Crippen LogP contribution in [0.1, 0.15) is 43.4 Å². The zero-order valence-electron chi connectivity index (χ0n) is 25.2. The van der Waals surface area contributed by atoms with Crippen molar-refractivity contribution < 1.29 is 22.6 Å². The van der Waals surface area contributed by atoms with Crippen molar-refractivity contribution in [1.29, 1.82) is 0 Å². The number of hydrogen-bond donors (Lipinski definition) is 2. The summed E-state index contributed by atoms with van der Waals surface area (Å²) in [5.41, 5.74) is 1.93. The van der Waals surface area contributed by atoms with Crippen molar-refractivity contribution in [2.24, 2.45) is 0 Å². The van der Waals surface area contributed by atoms with Crippen molar-refractivity contribution >= 4 is 21.1 Å².